The van der Waals surface area contributed by atoms with E-state index in [1.165, 1.54) is 5.56 Å². The Kier molecular flexibility index (Phi) is 9.60. The van der Waals surface area contributed by atoms with E-state index >= 15 is 0 Å². The van der Waals surface area contributed by atoms with E-state index in [4.69, 9.17) is 14.6 Å². The van der Waals surface area contributed by atoms with Crippen molar-refractivity contribution in [1.82, 2.24) is 0 Å². The van der Waals surface area contributed by atoms with Gasteiger partial charge in [0.25, 0.3) is 0 Å². The van der Waals surface area contributed by atoms with E-state index in [2.05, 4.69) is 13.0 Å². The number of carboxylic acid groups (broad SMARTS) is 1. The van der Waals surface area contributed by atoms with Crippen LogP contribution in [-0.4, -0.2) is 41.0 Å². The van der Waals surface area contributed by atoms with Crippen molar-refractivity contribution >= 4 is 11.9 Å². The lowest BCUT2D eigenvalue weighted by Gasteiger charge is -2.32. The fraction of sp³-hybridized carbons (Fsp3) is 0.704. The maximum atomic E-state index is 12.3. The predicted molar refractivity (Wildman–Crippen MR) is 126 cm³/mol. The molecule has 0 amide bonds. The highest BCUT2D eigenvalue weighted by atomic mass is 16.5. The summed E-state index contributed by atoms with van der Waals surface area (Å²) in [5.74, 6) is 0.555. The monoisotopic (exact) mass is 460 g/mol. The van der Waals surface area contributed by atoms with Gasteiger partial charge in [-0.3, -0.25) is 4.79 Å². The summed E-state index contributed by atoms with van der Waals surface area (Å²) in [6.07, 6.45) is 9.10. The zero-order chi connectivity index (χ0) is 23.8. The molecule has 2 aliphatic rings. The van der Waals surface area contributed by atoms with Gasteiger partial charge in [0.1, 0.15) is 11.9 Å². The second-order valence-corrected chi connectivity index (χ2v) is 9.81. The molecule has 0 spiro atoms. The summed E-state index contributed by atoms with van der Waals surface area (Å²) in [6.45, 7) is 3.80. The number of hydrogen-bond acceptors (Lipinski definition) is 5. The van der Waals surface area contributed by atoms with Crippen molar-refractivity contribution in [3.8, 4) is 5.75 Å². The largest absolute Gasteiger partial charge is 0.482 e. The van der Waals surface area contributed by atoms with Crippen LogP contribution in [0.15, 0.2) is 18.2 Å². The van der Waals surface area contributed by atoms with Crippen LogP contribution in [0.5, 0.6) is 5.75 Å². The molecule has 2 aliphatic carbocycles. The fourth-order valence-electron chi connectivity index (χ4n) is 5.78. The molecule has 6 nitrogen and oxygen atoms in total. The topological polar surface area (TPSA) is 93.1 Å². The van der Waals surface area contributed by atoms with Gasteiger partial charge < -0.3 is 19.7 Å². The molecule has 33 heavy (non-hydrogen) atoms. The van der Waals surface area contributed by atoms with E-state index in [1.807, 2.05) is 19.1 Å². The Morgan fingerprint density at radius 3 is 2.67 bits per heavy atom. The maximum Gasteiger partial charge on any atom is 0.341 e. The van der Waals surface area contributed by atoms with Crippen molar-refractivity contribution < 1.29 is 29.3 Å². The third-order valence-corrected chi connectivity index (χ3v) is 7.38. The highest BCUT2D eigenvalue weighted by molar-refractivity contribution is 5.69. The molecule has 0 aliphatic heterocycles. The van der Waals surface area contributed by atoms with Gasteiger partial charge in [-0.25, -0.2) is 4.79 Å². The minimum atomic E-state index is -0.984. The Balaban J connectivity index is 1.72. The molecular weight excluding hydrogens is 420 g/mol. The van der Waals surface area contributed by atoms with E-state index in [9.17, 15) is 14.7 Å². The van der Waals surface area contributed by atoms with Gasteiger partial charge in [-0.2, -0.15) is 0 Å². The number of esters is 1. The van der Waals surface area contributed by atoms with E-state index < -0.39 is 5.97 Å². The van der Waals surface area contributed by atoms with Gasteiger partial charge >= 0.3 is 11.9 Å². The first-order valence-electron chi connectivity index (χ1n) is 12.8. The lowest BCUT2D eigenvalue weighted by atomic mass is 9.73. The third-order valence-electron chi connectivity index (χ3n) is 7.38. The lowest BCUT2D eigenvalue weighted by molar-refractivity contribution is -0.151. The number of rotatable bonds is 13. The summed E-state index contributed by atoms with van der Waals surface area (Å²) in [5.41, 5.74) is 2.30. The first kappa shape index (κ1) is 25.5. The minimum Gasteiger partial charge on any atom is -0.482 e. The van der Waals surface area contributed by atoms with E-state index in [0.717, 1.165) is 69.8 Å². The summed E-state index contributed by atoms with van der Waals surface area (Å²) < 4.78 is 11.5. The standard InChI is InChI=1S/C27H40O6/c1-3-5-6-10-20(28)12-13-21-22-14-18-9-7-11-24(32-17-26(29)30)23(18)15-19(22)16-25(21)33-27(31)8-4-2/h7,9,11,19-22,25,28H,3-6,8,10,12-17H2,1-2H3,(H,29,30)/t19-,20-,21+,22-,25+/m0/s1. The number of carbonyl (C=O) groups excluding carboxylic acids is 1. The molecular formula is C27H40O6. The molecule has 1 fully saturated rings. The van der Waals surface area contributed by atoms with Crippen LogP contribution in [0.3, 0.4) is 0 Å². The summed E-state index contributed by atoms with van der Waals surface area (Å²) in [7, 11) is 0. The van der Waals surface area contributed by atoms with E-state index in [1.54, 1.807) is 0 Å². The van der Waals surface area contributed by atoms with E-state index in [0.29, 0.717) is 24.0 Å². The zero-order valence-electron chi connectivity index (χ0n) is 20.1. The summed E-state index contributed by atoms with van der Waals surface area (Å²) in [6, 6.07) is 5.88. The smallest absolute Gasteiger partial charge is 0.341 e. The number of unbranched alkanes of at least 4 members (excludes halogenated alkanes) is 2. The minimum absolute atomic E-state index is 0.111. The SMILES string of the molecule is CCCCC[C@H](O)CC[C@@H]1[C@H]2Cc3cccc(OCC(=O)O)c3C[C@H]2C[C@H]1OC(=O)CCC. The van der Waals surface area contributed by atoms with Crippen LogP contribution < -0.4 is 4.74 Å². The Labute approximate surface area is 197 Å². The van der Waals surface area contributed by atoms with Gasteiger partial charge in [0.05, 0.1) is 6.10 Å². The van der Waals surface area contributed by atoms with Gasteiger partial charge in [-0.1, -0.05) is 45.2 Å². The highest BCUT2D eigenvalue weighted by Crippen LogP contribution is 2.49. The predicted octanol–water partition coefficient (Wildman–Crippen LogP) is 4.93. The van der Waals surface area contributed by atoms with Crippen molar-refractivity contribution in [2.75, 3.05) is 6.61 Å². The Hall–Kier alpha value is -2.08. The number of ether oxygens (including phenoxy) is 2. The van der Waals surface area contributed by atoms with Crippen molar-refractivity contribution in [1.29, 1.82) is 0 Å². The highest BCUT2D eigenvalue weighted by Gasteiger charge is 2.47. The van der Waals surface area contributed by atoms with Gasteiger partial charge in [0.2, 0.25) is 0 Å². The van der Waals surface area contributed by atoms with Crippen molar-refractivity contribution in [3.05, 3.63) is 29.3 Å². The number of carboxylic acids is 1. The van der Waals surface area contributed by atoms with Crippen molar-refractivity contribution in [2.45, 2.75) is 96.7 Å². The Morgan fingerprint density at radius 1 is 1.12 bits per heavy atom. The number of benzene rings is 1. The first-order valence-corrected chi connectivity index (χ1v) is 12.8. The molecule has 184 valence electrons. The van der Waals surface area contributed by atoms with Gasteiger partial charge in [0, 0.05) is 6.42 Å². The average Bonchev–Trinajstić information content (AvgIpc) is 3.10. The van der Waals surface area contributed by atoms with Crippen LogP contribution >= 0.6 is 0 Å². The third kappa shape index (κ3) is 6.95. The van der Waals surface area contributed by atoms with Crippen LogP contribution in [0.2, 0.25) is 0 Å². The summed E-state index contributed by atoms with van der Waals surface area (Å²) in [5, 5.41) is 19.5. The molecule has 0 bridgehead atoms. The molecule has 1 saturated carbocycles. The van der Waals surface area contributed by atoms with Gasteiger partial charge in [-0.05, 0) is 79.9 Å². The molecule has 0 radical (unpaired) electrons. The van der Waals surface area contributed by atoms with Crippen LogP contribution in [0, 0.1) is 17.8 Å². The summed E-state index contributed by atoms with van der Waals surface area (Å²) >= 11 is 0. The lowest BCUT2D eigenvalue weighted by Crippen LogP contribution is -2.29. The summed E-state index contributed by atoms with van der Waals surface area (Å²) in [4.78, 5) is 23.3. The van der Waals surface area contributed by atoms with Crippen LogP contribution in [-0.2, 0) is 27.2 Å². The second kappa shape index (κ2) is 12.4. The molecule has 1 aromatic rings. The van der Waals surface area contributed by atoms with Crippen LogP contribution in [0.4, 0.5) is 0 Å². The van der Waals surface area contributed by atoms with E-state index in [-0.39, 0.29) is 30.7 Å². The molecule has 0 unspecified atom stereocenters. The number of fused-ring (bicyclic) bond motifs is 2. The first-order chi connectivity index (χ1) is 15.9. The second-order valence-electron chi connectivity index (χ2n) is 9.81. The quantitative estimate of drug-likeness (QED) is 0.320. The number of carbonyl (C=O) groups is 2. The van der Waals surface area contributed by atoms with Crippen LogP contribution in [0.1, 0.15) is 82.8 Å². The van der Waals surface area contributed by atoms with Crippen molar-refractivity contribution in [3.63, 3.8) is 0 Å². The molecule has 1 aromatic carbocycles. The zero-order valence-corrected chi connectivity index (χ0v) is 20.1. The number of hydrogen-bond donors (Lipinski definition) is 2. The Morgan fingerprint density at radius 2 is 1.94 bits per heavy atom. The molecule has 0 aromatic heterocycles. The number of aliphatic hydroxyl groups is 1. The Bertz CT molecular complexity index is 791. The normalized spacial score (nSPS) is 24.6. The molecule has 5 atom stereocenters. The van der Waals surface area contributed by atoms with Crippen LogP contribution in [0.25, 0.3) is 0 Å². The molecule has 2 N–H and O–H groups in total. The molecule has 3 rings (SSSR count). The fourth-order valence-corrected chi connectivity index (χ4v) is 5.78. The van der Waals surface area contributed by atoms with Gasteiger partial charge in [-0.15, -0.1) is 0 Å². The number of aliphatic carboxylic acids is 1. The average molecular weight is 461 g/mol. The molecule has 0 saturated heterocycles. The number of aliphatic hydroxyl groups excluding tert-OH is 1. The van der Waals surface area contributed by atoms with Gasteiger partial charge in [0.15, 0.2) is 6.61 Å². The van der Waals surface area contributed by atoms with Crippen molar-refractivity contribution in [2.24, 2.45) is 17.8 Å². The molecule has 6 heteroatoms. The molecule has 0 heterocycles. The maximum absolute atomic E-state index is 12.3.